The average molecular weight is 342 g/mol. The quantitative estimate of drug-likeness (QED) is 0.680. The minimum Gasteiger partial charge on any atom is -0.384 e. The van der Waals surface area contributed by atoms with Crippen molar-refractivity contribution in [3.8, 4) is 0 Å². The number of nitrogens with zero attached hydrogens (tertiary/aromatic N) is 1. The third-order valence-electron chi connectivity index (χ3n) is 5.12. The first-order chi connectivity index (χ1) is 12.9. The number of hydrogen-bond donors (Lipinski definition) is 1. The molecule has 132 valence electrons. The number of fused-ring (bicyclic) bond motifs is 1. The van der Waals surface area contributed by atoms with Crippen molar-refractivity contribution in [1.29, 1.82) is 0 Å². The molecule has 0 saturated carbocycles. The molecule has 0 saturated heterocycles. The fraction of sp³-hybridized carbons (Fsp3) is 0.250. The van der Waals surface area contributed by atoms with Crippen molar-refractivity contribution in [2.45, 2.75) is 19.5 Å². The fourth-order valence-electron chi connectivity index (χ4n) is 3.87. The van der Waals surface area contributed by atoms with Gasteiger partial charge in [-0.05, 0) is 35.1 Å². The van der Waals surface area contributed by atoms with Gasteiger partial charge in [-0.15, -0.1) is 0 Å². The van der Waals surface area contributed by atoms with E-state index in [0.29, 0.717) is 5.92 Å². The minimum absolute atomic E-state index is 0.636. The third kappa shape index (κ3) is 4.33. The second-order valence-electron chi connectivity index (χ2n) is 7.25. The Balaban J connectivity index is 1.47. The zero-order chi connectivity index (χ0) is 17.6. The summed E-state index contributed by atoms with van der Waals surface area (Å²) >= 11 is 0. The van der Waals surface area contributed by atoms with E-state index in [9.17, 15) is 0 Å². The molecule has 3 aromatic carbocycles. The van der Waals surface area contributed by atoms with Crippen LogP contribution in [0.1, 0.15) is 16.7 Å². The summed E-state index contributed by atoms with van der Waals surface area (Å²) in [4.78, 5) is 2.59. The number of nitrogens with one attached hydrogen (secondary N) is 1. The Morgan fingerprint density at radius 3 is 1.96 bits per heavy atom. The summed E-state index contributed by atoms with van der Waals surface area (Å²) in [6, 6.07) is 30.3. The molecule has 2 nitrogen and oxygen atoms in total. The van der Waals surface area contributed by atoms with Crippen molar-refractivity contribution >= 4 is 5.69 Å². The van der Waals surface area contributed by atoms with E-state index in [1.54, 1.807) is 0 Å². The molecule has 4 rings (SSSR count). The van der Waals surface area contributed by atoms with Gasteiger partial charge in [-0.3, -0.25) is 4.90 Å². The van der Waals surface area contributed by atoms with Crippen molar-refractivity contribution in [1.82, 2.24) is 4.90 Å². The molecule has 1 atom stereocenters. The van der Waals surface area contributed by atoms with Gasteiger partial charge in [0.15, 0.2) is 0 Å². The minimum atomic E-state index is 0.636. The van der Waals surface area contributed by atoms with Gasteiger partial charge < -0.3 is 5.32 Å². The summed E-state index contributed by atoms with van der Waals surface area (Å²) in [7, 11) is 0. The van der Waals surface area contributed by atoms with Crippen LogP contribution in [0.2, 0.25) is 0 Å². The molecular weight excluding hydrogens is 316 g/mol. The van der Waals surface area contributed by atoms with Crippen LogP contribution in [0.4, 0.5) is 5.69 Å². The highest BCUT2D eigenvalue weighted by atomic mass is 15.1. The highest BCUT2D eigenvalue weighted by Crippen LogP contribution is 2.25. The van der Waals surface area contributed by atoms with Gasteiger partial charge in [0, 0.05) is 31.9 Å². The lowest BCUT2D eigenvalue weighted by Crippen LogP contribution is -2.35. The van der Waals surface area contributed by atoms with Gasteiger partial charge in [0.25, 0.3) is 0 Å². The first-order valence-electron chi connectivity index (χ1n) is 9.49. The second-order valence-corrected chi connectivity index (χ2v) is 7.25. The maximum absolute atomic E-state index is 3.62. The Hall–Kier alpha value is -2.58. The summed E-state index contributed by atoms with van der Waals surface area (Å²) in [5.74, 6) is 0.636. The first kappa shape index (κ1) is 16.9. The van der Waals surface area contributed by atoms with Gasteiger partial charge in [0.1, 0.15) is 0 Å². The van der Waals surface area contributed by atoms with Gasteiger partial charge in [-0.2, -0.15) is 0 Å². The predicted octanol–water partition coefficient (Wildman–Crippen LogP) is 4.97. The molecule has 1 aliphatic heterocycles. The number of benzene rings is 3. The smallest absolute Gasteiger partial charge is 0.0372 e. The Morgan fingerprint density at radius 2 is 1.31 bits per heavy atom. The van der Waals surface area contributed by atoms with Crippen LogP contribution >= 0.6 is 0 Å². The molecule has 0 radical (unpaired) electrons. The Bertz CT molecular complexity index is 772. The highest BCUT2D eigenvalue weighted by molar-refractivity contribution is 5.53. The molecule has 0 fully saturated rings. The van der Waals surface area contributed by atoms with Gasteiger partial charge in [0.2, 0.25) is 0 Å². The number of para-hydroxylation sites is 1. The van der Waals surface area contributed by atoms with E-state index in [1.165, 1.54) is 22.4 Å². The molecule has 0 amide bonds. The maximum atomic E-state index is 3.62. The van der Waals surface area contributed by atoms with Crippen molar-refractivity contribution in [2.24, 2.45) is 5.92 Å². The molecule has 0 bridgehead atoms. The lowest BCUT2D eigenvalue weighted by atomic mass is 9.93. The van der Waals surface area contributed by atoms with Gasteiger partial charge in [-0.1, -0.05) is 78.9 Å². The molecule has 0 spiro atoms. The van der Waals surface area contributed by atoms with Gasteiger partial charge >= 0.3 is 0 Å². The Morgan fingerprint density at radius 1 is 0.731 bits per heavy atom. The fourth-order valence-corrected chi connectivity index (χ4v) is 3.87. The molecule has 3 aromatic rings. The van der Waals surface area contributed by atoms with E-state index in [0.717, 1.165) is 32.6 Å². The van der Waals surface area contributed by atoms with Crippen LogP contribution in [0.25, 0.3) is 0 Å². The van der Waals surface area contributed by atoms with Crippen molar-refractivity contribution in [2.75, 3.05) is 18.4 Å². The molecule has 26 heavy (non-hydrogen) atoms. The van der Waals surface area contributed by atoms with Crippen molar-refractivity contribution in [3.05, 3.63) is 102 Å². The van der Waals surface area contributed by atoms with Crippen LogP contribution in [0, 0.1) is 5.92 Å². The third-order valence-corrected chi connectivity index (χ3v) is 5.12. The summed E-state index contributed by atoms with van der Waals surface area (Å²) < 4.78 is 0. The number of rotatable bonds is 6. The molecular formula is C24H26N2. The topological polar surface area (TPSA) is 15.3 Å². The Kier molecular flexibility index (Phi) is 5.32. The molecule has 0 aromatic heterocycles. The van der Waals surface area contributed by atoms with E-state index in [2.05, 4.69) is 95.1 Å². The summed E-state index contributed by atoms with van der Waals surface area (Å²) in [6.45, 7) is 4.14. The zero-order valence-electron chi connectivity index (χ0n) is 15.1. The van der Waals surface area contributed by atoms with Crippen LogP contribution < -0.4 is 5.32 Å². The van der Waals surface area contributed by atoms with E-state index in [4.69, 9.17) is 0 Å². The lowest BCUT2D eigenvalue weighted by Gasteiger charge is -2.31. The highest BCUT2D eigenvalue weighted by Gasteiger charge is 2.20. The average Bonchev–Trinajstić information content (AvgIpc) is 2.69. The van der Waals surface area contributed by atoms with Crippen LogP contribution in [-0.2, 0) is 19.5 Å². The predicted molar refractivity (Wildman–Crippen MR) is 109 cm³/mol. The monoisotopic (exact) mass is 342 g/mol. The molecule has 1 heterocycles. The maximum Gasteiger partial charge on any atom is 0.0372 e. The van der Waals surface area contributed by atoms with Crippen LogP contribution in [0.5, 0.6) is 0 Å². The second kappa shape index (κ2) is 8.20. The normalized spacial score (nSPS) is 16.1. The first-order valence-corrected chi connectivity index (χ1v) is 9.49. The van der Waals surface area contributed by atoms with Crippen LogP contribution in [0.15, 0.2) is 84.9 Å². The summed E-state index contributed by atoms with van der Waals surface area (Å²) in [5, 5.41) is 3.62. The molecule has 1 N–H and O–H groups in total. The van der Waals surface area contributed by atoms with Gasteiger partial charge in [-0.25, -0.2) is 0 Å². The molecule has 0 unspecified atom stereocenters. The summed E-state index contributed by atoms with van der Waals surface area (Å²) in [6.07, 6.45) is 1.16. The van der Waals surface area contributed by atoms with E-state index < -0.39 is 0 Å². The van der Waals surface area contributed by atoms with Gasteiger partial charge in [0.05, 0.1) is 0 Å². The van der Waals surface area contributed by atoms with E-state index in [1.807, 2.05) is 0 Å². The van der Waals surface area contributed by atoms with Crippen LogP contribution in [-0.4, -0.2) is 18.0 Å². The van der Waals surface area contributed by atoms with Crippen molar-refractivity contribution in [3.63, 3.8) is 0 Å². The molecule has 1 aliphatic rings. The zero-order valence-corrected chi connectivity index (χ0v) is 15.1. The molecule has 2 heteroatoms. The number of hydrogen-bond acceptors (Lipinski definition) is 2. The van der Waals surface area contributed by atoms with E-state index >= 15 is 0 Å². The number of anilines is 1. The van der Waals surface area contributed by atoms with Crippen LogP contribution in [0.3, 0.4) is 0 Å². The standard InChI is InChI=1S/C24H26N2/c1-3-9-20(10-4-1)17-26(18-21-11-5-2-6-12-21)19-22-15-23-13-7-8-14-24(23)25-16-22/h1-14,22,25H,15-19H2/t22-/m0/s1. The summed E-state index contributed by atoms with van der Waals surface area (Å²) in [5.41, 5.74) is 5.52. The lowest BCUT2D eigenvalue weighted by molar-refractivity contribution is 0.216. The molecule has 0 aliphatic carbocycles. The largest absolute Gasteiger partial charge is 0.384 e. The van der Waals surface area contributed by atoms with E-state index in [-0.39, 0.29) is 0 Å². The van der Waals surface area contributed by atoms with Crippen molar-refractivity contribution < 1.29 is 0 Å². The SMILES string of the molecule is c1ccc(CN(Cc2ccccc2)C[C@@H]2CNc3ccccc3C2)cc1. The Labute approximate surface area is 156 Å².